The Balaban J connectivity index is 1.66. The fourth-order valence-electron chi connectivity index (χ4n) is 2.95. The number of aromatic amines is 1. The first-order chi connectivity index (χ1) is 10.2. The van der Waals surface area contributed by atoms with Gasteiger partial charge >= 0.3 is 0 Å². The van der Waals surface area contributed by atoms with Crippen LogP contribution in [-0.4, -0.2) is 39.1 Å². The topological polar surface area (TPSA) is 61.9 Å². The fraction of sp³-hybridized carbons (Fsp3) is 0.438. The van der Waals surface area contributed by atoms with Crippen molar-refractivity contribution in [3.8, 4) is 0 Å². The maximum absolute atomic E-state index is 12.5. The third-order valence-corrected chi connectivity index (χ3v) is 3.98. The lowest BCUT2D eigenvalue weighted by atomic mass is 9.93. The minimum Gasteiger partial charge on any atom is -0.337 e. The third kappa shape index (κ3) is 3.29. The van der Waals surface area contributed by atoms with E-state index in [4.69, 9.17) is 0 Å². The molecule has 0 unspecified atom stereocenters. The second-order valence-corrected chi connectivity index (χ2v) is 5.71. The van der Waals surface area contributed by atoms with Crippen LogP contribution in [-0.2, 0) is 6.42 Å². The maximum Gasteiger partial charge on any atom is 0.272 e. The molecule has 1 saturated heterocycles. The van der Waals surface area contributed by atoms with E-state index in [0.717, 1.165) is 43.7 Å². The Labute approximate surface area is 124 Å². The quantitative estimate of drug-likeness (QED) is 0.940. The molecule has 0 saturated carbocycles. The average molecular weight is 284 g/mol. The lowest BCUT2D eigenvalue weighted by Crippen LogP contribution is -2.40. The van der Waals surface area contributed by atoms with Gasteiger partial charge in [-0.15, -0.1) is 0 Å². The van der Waals surface area contributed by atoms with Gasteiger partial charge in [0.2, 0.25) is 0 Å². The number of pyridine rings is 1. The van der Waals surface area contributed by atoms with E-state index in [0.29, 0.717) is 11.6 Å². The summed E-state index contributed by atoms with van der Waals surface area (Å²) in [7, 11) is 0. The number of nitrogens with zero attached hydrogens (tertiary/aromatic N) is 3. The van der Waals surface area contributed by atoms with Gasteiger partial charge < -0.3 is 4.90 Å². The number of aryl methyl sites for hydroxylation is 1. The maximum atomic E-state index is 12.5. The third-order valence-electron chi connectivity index (χ3n) is 3.98. The van der Waals surface area contributed by atoms with Crippen molar-refractivity contribution in [2.45, 2.75) is 26.2 Å². The van der Waals surface area contributed by atoms with E-state index in [1.807, 2.05) is 30.0 Å². The van der Waals surface area contributed by atoms with Gasteiger partial charge in [-0.1, -0.05) is 6.07 Å². The zero-order valence-corrected chi connectivity index (χ0v) is 12.2. The van der Waals surface area contributed by atoms with Crippen molar-refractivity contribution in [2.24, 2.45) is 5.92 Å². The number of rotatable bonds is 3. The molecule has 0 bridgehead atoms. The molecular formula is C16H20N4O. The van der Waals surface area contributed by atoms with Gasteiger partial charge in [-0.2, -0.15) is 5.10 Å². The summed E-state index contributed by atoms with van der Waals surface area (Å²) in [4.78, 5) is 18.8. The van der Waals surface area contributed by atoms with Crippen LogP contribution in [0.1, 0.15) is 34.7 Å². The average Bonchev–Trinajstić information content (AvgIpc) is 3.00. The van der Waals surface area contributed by atoms with Gasteiger partial charge in [0.05, 0.1) is 0 Å². The minimum atomic E-state index is 0.0491. The Morgan fingerprint density at radius 3 is 3.10 bits per heavy atom. The molecule has 2 aromatic heterocycles. The molecule has 1 aliphatic rings. The highest BCUT2D eigenvalue weighted by molar-refractivity contribution is 5.92. The first-order valence-corrected chi connectivity index (χ1v) is 7.43. The highest BCUT2D eigenvalue weighted by Gasteiger charge is 2.25. The van der Waals surface area contributed by atoms with Crippen LogP contribution in [0.15, 0.2) is 30.5 Å². The molecule has 1 aliphatic heterocycles. The van der Waals surface area contributed by atoms with Crippen molar-refractivity contribution in [3.05, 3.63) is 47.5 Å². The molecule has 1 N–H and O–H groups in total. The zero-order chi connectivity index (χ0) is 14.7. The summed E-state index contributed by atoms with van der Waals surface area (Å²) in [5, 5.41) is 6.99. The van der Waals surface area contributed by atoms with Crippen LogP contribution in [0.2, 0.25) is 0 Å². The van der Waals surface area contributed by atoms with Crippen LogP contribution in [0.3, 0.4) is 0 Å². The van der Waals surface area contributed by atoms with E-state index >= 15 is 0 Å². The Morgan fingerprint density at radius 1 is 1.43 bits per heavy atom. The van der Waals surface area contributed by atoms with Crippen LogP contribution in [0, 0.1) is 12.8 Å². The first-order valence-electron chi connectivity index (χ1n) is 7.43. The van der Waals surface area contributed by atoms with Crippen LogP contribution >= 0.6 is 0 Å². The van der Waals surface area contributed by atoms with E-state index in [1.165, 1.54) is 0 Å². The molecule has 3 rings (SSSR count). The fourth-order valence-corrected chi connectivity index (χ4v) is 2.95. The predicted molar refractivity (Wildman–Crippen MR) is 79.9 cm³/mol. The molecule has 2 aromatic rings. The number of carbonyl (C=O) groups is 1. The zero-order valence-electron chi connectivity index (χ0n) is 12.2. The van der Waals surface area contributed by atoms with Crippen molar-refractivity contribution in [1.82, 2.24) is 20.1 Å². The second kappa shape index (κ2) is 6.08. The number of piperidine rings is 1. The van der Waals surface area contributed by atoms with Crippen molar-refractivity contribution in [2.75, 3.05) is 13.1 Å². The number of hydrogen-bond donors (Lipinski definition) is 1. The molecule has 110 valence electrons. The summed E-state index contributed by atoms with van der Waals surface area (Å²) in [6.45, 7) is 3.54. The number of hydrogen-bond acceptors (Lipinski definition) is 3. The van der Waals surface area contributed by atoms with Gasteiger partial charge in [0, 0.05) is 30.7 Å². The number of nitrogens with one attached hydrogen (secondary N) is 1. The molecular weight excluding hydrogens is 264 g/mol. The number of carbonyl (C=O) groups excluding carboxylic acids is 1. The van der Waals surface area contributed by atoms with Crippen molar-refractivity contribution in [3.63, 3.8) is 0 Å². The highest BCUT2D eigenvalue weighted by Crippen LogP contribution is 2.21. The number of likely N-dealkylation sites (tertiary alicyclic amines) is 1. The molecule has 1 atom stereocenters. The summed E-state index contributed by atoms with van der Waals surface area (Å²) < 4.78 is 0. The lowest BCUT2D eigenvalue weighted by Gasteiger charge is -2.32. The molecule has 0 radical (unpaired) electrons. The van der Waals surface area contributed by atoms with Crippen molar-refractivity contribution in [1.29, 1.82) is 0 Å². The smallest absolute Gasteiger partial charge is 0.272 e. The van der Waals surface area contributed by atoms with E-state index < -0.39 is 0 Å². The van der Waals surface area contributed by atoms with Crippen LogP contribution in [0.25, 0.3) is 0 Å². The Morgan fingerprint density at radius 2 is 2.33 bits per heavy atom. The molecule has 0 aliphatic carbocycles. The largest absolute Gasteiger partial charge is 0.337 e. The molecule has 0 spiro atoms. The summed E-state index contributed by atoms with van der Waals surface area (Å²) >= 11 is 0. The normalized spacial score (nSPS) is 18.7. The number of aromatic nitrogens is 3. The van der Waals surface area contributed by atoms with E-state index in [1.54, 1.807) is 12.3 Å². The standard InChI is InChI=1S/C16H20N4O/c1-12-4-2-6-15(18-12)16(21)20-9-3-5-13(11-20)10-14-7-8-17-19-14/h2,4,6-8,13H,3,5,9-11H2,1H3,(H,17,19)/t13-/m1/s1. The lowest BCUT2D eigenvalue weighted by molar-refractivity contribution is 0.0666. The Kier molecular flexibility index (Phi) is 3.99. The first kappa shape index (κ1) is 13.8. The monoisotopic (exact) mass is 284 g/mol. The molecule has 21 heavy (non-hydrogen) atoms. The molecule has 1 amide bonds. The van der Waals surface area contributed by atoms with Crippen molar-refractivity contribution >= 4 is 5.91 Å². The molecule has 1 fully saturated rings. The predicted octanol–water partition coefficient (Wildman–Crippen LogP) is 2.21. The summed E-state index contributed by atoms with van der Waals surface area (Å²) in [6, 6.07) is 7.60. The summed E-state index contributed by atoms with van der Waals surface area (Å²) in [5.41, 5.74) is 2.58. The van der Waals surface area contributed by atoms with E-state index in [2.05, 4.69) is 15.2 Å². The van der Waals surface area contributed by atoms with Gasteiger partial charge in [-0.3, -0.25) is 9.89 Å². The minimum absolute atomic E-state index is 0.0491. The van der Waals surface area contributed by atoms with Gasteiger partial charge in [0.1, 0.15) is 5.69 Å². The van der Waals surface area contributed by atoms with Crippen LogP contribution in [0.5, 0.6) is 0 Å². The van der Waals surface area contributed by atoms with Crippen molar-refractivity contribution < 1.29 is 4.79 Å². The molecule has 0 aromatic carbocycles. The SMILES string of the molecule is Cc1cccc(C(=O)N2CCC[C@H](Cc3ccn[nH]3)C2)n1. The van der Waals surface area contributed by atoms with Gasteiger partial charge in [-0.25, -0.2) is 4.98 Å². The summed E-state index contributed by atoms with van der Waals surface area (Å²) in [6.07, 6.45) is 4.93. The Bertz CT molecular complexity index is 608. The van der Waals surface area contributed by atoms with Crippen LogP contribution in [0.4, 0.5) is 0 Å². The summed E-state index contributed by atoms with van der Waals surface area (Å²) in [5.74, 6) is 0.543. The highest BCUT2D eigenvalue weighted by atomic mass is 16.2. The van der Waals surface area contributed by atoms with Gasteiger partial charge in [0.15, 0.2) is 0 Å². The van der Waals surface area contributed by atoms with E-state index in [9.17, 15) is 4.79 Å². The molecule has 3 heterocycles. The van der Waals surface area contributed by atoms with E-state index in [-0.39, 0.29) is 5.91 Å². The number of H-pyrrole nitrogens is 1. The van der Waals surface area contributed by atoms with Gasteiger partial charge in [-0.05, 0) is 50.3 Å². The molecule has 5 nitrogen and oxygen atoms in total. The van der Waals surface area contributed by atoms with Gasteiger partial charge in [0.25, 0.3) is 5.91 Å². The second-order valence-electron chi connectivity index (χ2n) is 5.71. The van der Waals surface area contributed by atoms with Crippen LogP contribution < -0.4 is 0 Å². The number of amides is 1. The Hall–Kier alpha value is -2.17. The molecule has 5 heteroatoms.